The topological polar surface area (TPSA) is 75.3 Å². The van der Waals surface area contributed by atoms with Crippen molar-refractivity contribution < 1.29 is 13.2 Å². The van der Waals surface area contributed by atoms with Gasteiger partial charge in [-0.1, -0.05) is 50.2 Å². The Morgan fingerprint density at radius 1 is 0.862 bits per heavy atom. The van der Waals surface area contributed by atoms with Crippen molar-refractivity contribution in [3.05, 3.63) is 84.4 Å². The molecule has 7 heteroatoms. The molecule has 0 aliphatic rings. The van der Waals surface area contributed by atoms with Crippen LogP contribution in [0.25, 0.3) is 0 Å². The highest BCUT2D eigenvalue weighted by molar-refractivity contribution is 8.00. The summed E-state index contributed by atoms with van der Waals surface area (Å²) >= 11 is 1.62. The Hall–Kier alpha value is -2.77. The Balaban J connectivity index is 1.78. The van der Waals surface area contributed by atoms with Crippen molar-refractivity contribution in [2.45, 2.75) is 28.9 Å². The van der Waals surface area contributed by atoms with Crippen molar-refractivity contribution in [3.8, 4) is 0 Å². The summed E-state index contributed by atoms with van der Waals surface area (Å²) in [7, 11) is -3.70. The predicted molar refractivity (Wildman–Crippen MR) is 119 cm³/mol. The molecule has 0 aromatic heterocycles. The highest BCUT2D eigenvalue weighted by Crippen LogP contribution is 2.27. The van der Waals surface area contributed by atoms with Gasteiger partial charge in [0.1, 0.15) is 0 Å². The minimum absolute atomic E-state index is 0.175. The minimum atomic E-state index is -3.70. The van der Waals surface area contributed by atoms with Crippen LogP contribution < -0.4 is 10.0 Å². The molecule has 3 aromatic rings. The van der Waals surface area contributed by atoms with Crippen LogP contribution in [0.3, 0.4) is 0 Å². The highest BCUT2D eigenvalue weighted by atomic mass is 32.2. The van der Waals surface area contributed by atoms with Crippen LogP contribution in [0.4, 0.5) is 11.4 Å². The van der Waals surface area contributed by atoms with E-state index in [2.05, 4.69) is 23.9 Å². The van der Waals surface area contributed by atoms with Crippen LogP contribution in [0.5, 0.6) is 0 Å². The molecule has 0 radical (unpaired) electrons. The molecule has 3 rings (SSSR count). The zero-order valence-corrected chi connectivity index (χ0v) is 17.8. The number of rotatable bonds is 7. The molecule has 0 spiro atoms. The number of thioether (sulfide) groups is 1. The minimum Gasteiger partial charge on any atom is -0.322 e. The van der Waals surface area contributed by atoms with E-state index in [1.165, 1.54) is 12.1 Å². The largest absolute Gasteiger partial charge is 0.322 e. The molecule has 0 heterocycles. The van der Waals surface area contributed by atoms with Crippen LogP contribution in [0.15, 0.2) is 88.7 Å². The molecule has 0 aliphatic carbocycles. The second kappa shape index (κ2) is 9.15. The maximum absolute atomic E-state index is 12.8. The molecule has 29 heavy (non-hydrogen) atoms. The van der Waals surface area contributed by atoms with Crippen molar-refractivity contribution in [2.24, 2.45) is 0 Å². The summed E-state index contributed by atoms with van der Waals surface area (Å²) in [5.41, 5.74) is 1.46. The molecule has 0 aliphatic heterocycles. The fourth-order valence-corrected chi connectivity index (χ4v) is 4.71. The first-order chi connectivity index (χ1) is 13.8. The Morgan fingerprint density at radius 3 is 2.24 bits per heavy atom. The first-order valence-electron chi connectivity index (χ1n) is 9.10. The number of hydrogen-bond acceptors (Lipinski definition) is 4. The predicted octanol–water partition coefficient (Wildman–Crippen LogP) is 5.24. The van der Waals surface area contributed by atoms with Gasteiger partial charge in [-0.05, 0) is 42.5 Å². The second-order valence-corrected chi connectivity index (χ2v) is 9.92. The lowest BCUT2D eigenvalue weighted by Gasteiger charge is -2.13. The number of hydrogen-bond donors (Lipinski definition) is 2. The third-order valence-electron chi connectivity index (χ3n) is 3.92. The van der Waals surface area contributed by atoms with Crippen LogP contribution in [-0.4, -0.2) is 19.6 Å². The Kier molecular flexibility index (Phi) is 6.61. The van der Waals surface area contributed by atoms with Gasteiger partial charge in [-0.2, -0.15) is 0 Å². The van der Waals surface area contributed by atoms with Gasteiger partial charge in [0.25, 0.3) is 15.9 Å². The molecule has 0 fully saturated rings. The van der Waals surface area contributed by atoms with Gasteiger partial charge >= 0.3 is 0 Å². The molecule has 5 nitrogen and oxygen atoms in total. The summed E-state index contributed by atoms with van der Waals surface area (Å²) in [6, 6.07) is 22.2. The molecule has 0 unspecified atom stereocenters. The first-order valence-corrected chi connectivity index (χ1v) is 11.5. The van der Waals surface area contributed by atoms with Crippen molar-refractivity contribution >= 4 is 39.1 Å². The van der Waals surface area contributed by atoms with E-state index >= 15 is 0 Å². The summed E-state index contributed by atoms with van der Waals surface area (Å²) in [4.78, 5) is 13.9. The molecular formula is C22H22N2O3S2. The number of sulfonamides is 1. The van der Waals surface area contributed by atoms with Crippen LogP contribution in [-0.2, 0) is 10.0 Å². The van der Waals surface area contributed by atoms with Gasteiger partial charge in [-0.15, -0.1) is 11.8 Å². The zero-order chi connectivity index (χ0) is 20.9. The first kappa shape index (κ1) is 21.0. The number of nitrogens with one attached hydrogen (secondary N) is 2. The average Bonchev–Trinajstić information content (AvgIpc) is 2.68. The van der Waals surface area contributed by atoms with Gasteiger partial charge in [0, 0.05) is 15.8 Å². The fourth-order valence-electron chi connectivity index (χ4n) is 2.68. The van der Waals surface area contributed by atoms with E-state index in [-0.39, 0.29) is 10.8 Å². The number of amides is 1. The molecule has 150 valence electrons. The highest BCUT2D eigenvalue weighted by Gasteiger charge is 2.15. The molecule has 0 saturated heterocycles. The van der Waals surface area contributed by atoms with E-state index in [1.807, 2.05) is 18.2 Å². The number of anilines is 2. The molecular weight excluding hydrogens is 404 g/mol. The monoisotopic (exact) mass is 426 g/mol. The van der Waals surface area contributed by atoms with E-state index in [1.54, 1.807) is 60.3 Å². The molecule has 0 atom stereocenters. The molecule has 3 aromatic carbocycles. The quantitative estimate of drug-likeness (QED) is 0.507. The normalized spacial score (nSPS) is 11.3. The van der Waals surface area contributed by atoms with Crippen LogP contribution in [0.1, 0.15) is 24.2 Å². The summed E-state index contributed by atoms with van der Waals surface area (Å²) < 4.78 is 27.5. The smallest absolute Gasteiger partial charge is 0.261 e. The van der Waals surface area contributed by atoms with Gasteiger partial charge < -0.3 is 5.32 Å². The van der Waals surface area contributed by atoms with E-state index in [0.29, 0.717) is 22.2 Å². The summed E-state index contributed by atoms with van der Waals surface area (Å²) in [5.74, 6) is -0.239. The average molecular weight is 427 g/mol. The lowest BCUT2D eigenvalue weighted by Crippen LogP contribution is -2.15. The number of carbonyl (C=O) groups is 1. The second-order valence-electron chi connectivity index (χ2n) is 6.62. The van der Waals surface area contributed by atoms with Crippen molar-refractivity contribution in [2.75, 3.05) is 10.0 Å². The van der Waals surface area contributed by atoms with E-state index in [9.17, 15) is 13.2 Å². The SMILES string of the molecule is CC(C)Sc1ccccc1C(=O)Nc1cccc(NS(=O)(=O)c2ccccc2)c1. The Morgan fingerprint density at radius 2 is 1.52 bits per heavy atom. The van der Waals surface area contributed by atoms with Crippen LogP contribution in [0, 0.1) is 0 Å². The molecule has 0 saturated carbocycles. The van der Waals surface area contributed by atoms with Crippen molar-refractivity contribution in [3.63, 3.8) is 0 Å². The summed E-state index contributed by atoms with van der Waals surface area (Å²) in [6.07, 6.45) is 0. The Labute approximate surface area is 175 Å². The Bertz CT molecular complexity index is 1100. The van der Waals surface area contributed by atoms with Crippen molar-refractivity contribution in [1.82, 2.24) is 0 Å². The summed E-state index contributed by atoms with van der Waals surface area (Å²) in [5, 5.41) is 3.20. The van der Waals surface area contributed by atoms with Crippen LogP contribution >= 0.6 is 11.8 Å². The molecule has 2 N–H and O–H groups in total. The third kappa shape index (κ3) is 5.62. The van der Waals surface area contributed by atoms with E-state index < -0.39 is 10.0 Å². The fraction of sp³-hybridized carbons (Fsp3) is 0.136. The maximum Gasteiger partial charge on any atom is 0.261 e. The van der Waals surface area contributed by atoms with Gasteiger partial charge in [0.2, 0.25) is 0 Å². The van der Waals surface area contributed by atoms with Gasteiger partial charge in [-0.3, -0.25) is 9.52 Å². The van der Waals surface area contributed by atoms with Gasteiger partial charge in [0.05, 0.1) is 16.1 Å². The van der Waals surface area contributed by atoms with Crippen molar-refractivity contribution in [1.29, 1.82) is 0 Å². The third-order valence-corrected chi connectivity index (χ3v) is 6.40. The zero-order valence-electron chi connectivity index (χ0n) is 16.1. The molecule has 0 bridgehead atoms. The number of benzene rings is 3. The summed E-state index contributed by atoms with van der Waals surface area (Å²) in [6.45, 7) is 4.14. The van der Waals surface area contributed by atoms with Crippen LogP contribution in [0.2, 0.25) is 0 Å². The van der Waals surface area contributed by atoms with Gasteiger partial charge in [0.15, 0.2) is 0 Å². The van der Waals surface area contributed by atoms with E-state index in [4.69, 9.17) is 0 Å². The van der Waals surface area contributed by atoms with Gasteiger partial charge in [-0.25, -0.2) is 8.42 Å². The lowest BCUT2D eigenvalue weighted by molar-refractivity contribution is 0.102. The lowest BCUT2D eigenvalue weighted by atomic mass is 10.2. The number of carbonyl (C=O) groups excluding carboxylic acids is 1. The van der Waals surface area contributed by atoms with E-state index in [0.717, 1.165) is 4.90 Å². The standard InChI is InChI=1S/C22H22N2O3S2/c1-16(2)28-21-14-7-6-13-20(21)22(25)23-17-9-8-10-18(15-17)24-29(26,27)19-11-4-3-5-12-19/h3-16,24H,1-2H3,(H,23,25). The molecule has 1 amide bonds. The maximum atomic E-state index is 12.8.